The lowest BCUT2D eigenvalue weighted by atomic mass is 9.96. The van der Waals surface area contributed by atoms with Crippen LogP contribution in [0.1, 0.15) is 47.4 Å². The molecule has 2 fully saturated rings. The number of aromatic nitrogens is 2. The Morgan fingerprint density at radius 3 is 3.10 bits per heavy atom. The Hall–Kier alpha value is -1.40. The summed E-state index contributed by atoms with van der Waals surface area (Å²) in [5.74, 6) is -0.0447. The molecule has 0 aromatic carbocycles. The van der Waals surface area contributed by atoms with E-state index < -0.39 is 0 Å². The predicted octanol–water partition coefficient (Wildman–Crippen LogP) is 0.839. The number of rotatable bonds is 2. The first-order valence-corrected chi connectivity index (χ1v) is 8.01. The van der Waals surface area contributed by atoms with Gasteiger partial charge in [-0.05, 0) is 38.8 Å². The van der Waals surface area contributed by atoms with Crippen molar-refractivity contribution in [3.05, 3.63) is 17.0 Å². The largest absolute Gasteiger partial charge is 0.376 e. The van der Waals surface area contributed by atoms with Crippen LogP contribution in [0.4, 0.5) is 0 Å². The highest BCUT2D eigenvalue weighted by Crippen LogP contribution is 2.27. The molecule has 114 valence electrons. The number of aromatic amines is 1. The molecule has 0 unspecified atom stereocenters. The van der Waals surface area contributed by atoms with Crippen molar-refractivity contribution in [1.82, 2.24) is 20.4 Å². The van der Waals surface area contributed by atoms with E-state index in [0.29, 0.717) is 24.9 Å². The van der Waals surface area contributed by atoms with Crippen molar-refractivity contribution in [1.29, 1.82) is 0 Å². The summed E-state index contributed by atoms with van der Waals surface area (Å²) in [6.07, 6.45) is 5.52. The van der Waals surface area contributed by atoms with Crippen LogP contribution in [-0.4, -0.2) is 52.8 Å². The maximum atomic E-state index is 12.6. The number of hydrogen-bond donors (Lipinski definition) is 2. The number of fused-ring (bicyclic) bond motifs is 2. The molecule has 0 radical (unpaired) electrons. The molecule has 0 spiro atoms. The average Bonchev–Trinajstić information content (AvgIpc) is 3.14. The minimum Gasteiger partial charge on any atom is -0.376 e. The fourth-order valence-corrected chi connectivity index (χ4v) is 4.00. The zero-order chi connectivity index (χ0) is 14.2. The molecule has 1 amide bonds. The third-order valence-electron chi connectivity index (χ3n) is 5.07. The van der Waals surface area contributed by atoms with Crippen LogP contribution in [0, 0.1) is 0 Å². The Bertz CT molecular complexity index is 542. The summed E-state index contributed by atoms with van der Waals surface area (Å²) >= 11 is 0. The third kappa shape index (κ3) is 2.36. The first-order valence-electron chi connectivity index (χ1n) is 8.01. The van der Waals surface area contributed by atoms with E-state index in [1.807, 2.05) is 0 Å². The van der Waals surface area contributed by atoms with Crippen molar-refractivity contribution >= 4 is 5.91 Å². The molecule has 3 aliphatic rings. The van der Waals surface area contributed by atoms with E-state index in [9.17, 15) is 4.79 Å². The fourth-order valence-electron chi connectivity index (χ4n) is 4.00. The Kier molecular flexibility index (Phi) is 3.43. The summed E-state index contributed by atoms with van der Waals surface area (Å²) in [7, 11) is 0. The van der Waals surface area contributed by atoms with Crippen LogP contribution in [0.25, 0.3) is 0 Å². The van der Waals surface area contributed by atoms with E-state index >= 15 is 0 Å². The summed E-state index contributed by atoms with van der Waals surface area (Å²) < 4.78 is 5.46. The van der Waals surface area contributed by atoms with E-state index in [0.717, 1.165) is 24.1 Å². The second-order valence-corrected chi connectivity index (χ2v) is 6.30. The monoisotopic (exact) mass is 290 g/mol. The average molecular weight is 290 g/mol. The van der Waals surface area contributed by atoms with Gasteiger partial charge in [0, 0.05) is 29.8 Å². The van der Waals surface area contributed by atoms with E-state index in [4.69, 9.17) is 4.74 Å². The molecule has 4 heterocycles. The minimum atomic E-state index is -0.0447. The molecule has 6 nitrogen and oxygen atoms in total. The van der Waals surface area contributed by atoms with Crippen LogP contribution in [0.15, 0.2) is 0 Å². The van der Waals surface area contributed by atoms with Gasteiger partial charge >= 0.3 is 0 Å². The fraction of sp³-hybridized carbons (Fsp3) is 0.733. The molecule has 0 bridgehead atoms. The van der Waals surface area contributed by atoms with Gasteiger partial charge in [0.25, 0.3) is 5.91 Å². The summed E-state index contributed by atoms with van der Waals surface area (Å²) in [5.41, 5.74) is 2.52. The normalized spacial score (nSPS) is 29.0. The van der Waals surface area contributed by atoms with Crippen LogP contribution < -0.4 is 5.32 Å². The molecule has 1 aromatic rings. The van der Waals surface area contributed by atoms with Crippen LogP contribution in [0.2, 0.25) is 0 Å². The number of nitrogens with zero attached hydrogens (tertiary/aromatic N) is 2. The summed E-state index contributed by atoms with van der Waals surface area (Å²) in [5, 5.41) is 10.4. The maximum Gasteiger partial charge on any atom is 0.272 e. The quantitative estimate of drug-likeness (QED) is 0.847. The first-order chi connectivity index (χ1) is 10.3. The summed E-state index contributed by atoms with van der Waals surface area (Å²) in [6, 6.07) is 0.791. The van der Waals surface area contributed by atoms with E-state index in [-0.39, 0.29) is 11.9 Å². The highest BCUT2D eigenvalue weighted by Gasteiger charge is 2.36. The van der Waals surface area contributed by atoms with Crippen molar-refractivity contribution in [2.45, 2.75) is 50.8 Å². The molecule has 21 heavy (non-hydrogen) atoms. The van der Waals surface area contributed by atoms with Crippen molar-refractivity contribution in [3.63, 3.8) is 0 Å². The lowest BCUT2D eigenvalue weighted by Crippen LogP contribution is -2.52. The Balaban J connectivity index is 1.49. The number of hydrogen-bond acceptors (Lipinski definition) is 4. The van der Waals surface area contributed by atoms with Gasteiger partial charge in [0.05, 0.1) is 13.2 Å². The molecule has 2 N–H and O–H groups in total. The molecule has 1 aromatic heterocycles. The highest BCUT2D eigenvalue weighted by molar-refractivity contribution is 5.94. The molecule has 6 heteroatoms. The molecule has 0 aliphatic carbocycles. The van der Waals surface area contributed by atoms with Gasteiger partial charge in [-0.2, -0.15) is 5.10 Å². The van der Waals surface area contributed by atoms with Gasteiger partial charge in [-0.25, -0.2) is 0 Å². The van der Waals surface area contributed by atoms with Crippen molar-refractivity contribution < 1.29 is 9.53 Å². The Labute approximate surface area is 124 Å². The molecule has 4 rings (SSSR count). The smallest absolute Gasteiger partial charge is 0.272 e. The maximum absolute atomic E-state index is 12.6. The topological polar surface area (TPSA) is 70.2 Å². The number of piperidine rings is 1. The zero-order valence-electron chi connectivity index (χ0n) is 12.2. The first kappa shape index (κ1) is 13.3. The van der Waals surface area contributed by atoms with Crippen LogP contribution >= 0.6 is 0 Å². The standard InChI is InChI=1S/C15H22N4O2/c20-15(14-10-9-21-8-5-11(10)17-18-14)16-12-3-1-6-19-7-2-4-13(12)19/h12-13H,1-9H2,(H,16,20)(H,17,18)/t12-,13-/m0/s1. The summed E-state index contributed by atoms with van der Waals surface area (Å²) in [4.78, 5) is 15.1. The number of H-pyrrole nitrogens is 1. The number of amides is 1. The minimum absolute atomic E-state index is 0.0447. The van der Waals surface area contributed by atoms with Gasteiger partial charge in [-0.15, -0.1) is 0 Å². The van der Waals surface area contributed by atoms with Crippen molar-refractivity contribution in [3.8, 4) is 0 Å². The summed E-state index contributed by atoms with van der Waals surface area (Å²) in [6.45, 7) is 3.57. The SMILES string of the molecule is O=C(N[C@H]1CCCN2CCC[C@@H]12)c1n[nH]c2c1COCC2. The van der Waals surface area contributed by atoms with Crippen LogP contribution in [-0.2, 0) is 17.8 Å². The molecular weight excluding hydrogens is 268 g/mol. The van der Waals surface area contributed by atoms with E-state index in [1.165, 1.54) is 32.4 Å². The van der Waals surface area contributed by atoms with Crippen LogP contribution in [0.3, 0.4) is 0 Å². The number of carbonyl (C=O) groups excluding carboxylic acids is 1. The highest BCUT2D eigenvalue weighted by atomic mass is 16.5. The lowest BCUT2D eigenvalue weighted by Gasteiger charge is -2.36. The lowest BCUT2D eigenvalue weighted by molar-refractivity contribution is 0.0847. The molecular formula is C15H22N4O2. The number of ether oxygens (including phenoxy) is 1. The predicted molar refractivity (Wildman–Crippen MR) is 77.0 cm³/mol. The van der Waals surface area contributed by atoms with E-state index in [2.05, 4.69) is 20.4 Å². The third-order valence-corrected chi connectivity index (χ3v) is 5.07. The second-order valence-electron chi connectivity index (χ2n) is 6.30. The van der Waals surface area contributed by atoms with Crippen molar-refractivity contribution in [2.75, 3.05) is 19.7 Å². The zero-order valence-corrected chi connectivity index (χ0v) is 12.2. The van der Waals surface area contributed by atoms with Crippen LogP contribution in [0.5, 0.6) is 0 Å². The van der Waals surface area contributed by atoms with E-state index in [1.54, 1.807) is 0 Å². The molecule has 3 aliphatic heterocycles. The Morgan fingerprint density at radius 1 is 1.33 bits per heavy atom. The molecule has 2 atom stereocenters. The van der Waals surface area contributed by atoms with Gasteiger partial charge < -0.3 is 10.1 Å². The molecule has 2 saturated heterocycles. The molecule has 0 saturated carbocycles. The van der Waals surface area contributed by atoms with Gasteiger partial charge in [0.2, 0.25) is 0 Å². The number of carbonyl (C=O) groups is 1. The Morgan fingerprint density at radius 2 is 2.19 bits per heavy atom. The van der Waals surface area contributed by atoms with Gasteiger partial charge in [-0.3, -0.25) is 14.8 Å². The second kappa shape index (κ2) is 5.42. The van der Waals surface area contributed by atoms with Gasteiger partial charge in [0.15, 0.2) is 5.69 Å². The van der Waals surface area contributed by atoms with Gasteiger partial charge in [-0.1, -0.05) is 0 Å². The van der Waals surface area contributed by atoms with Gasteiger partial charge in [0.1, 0.15) is 0 Å². The number of nitrogens with one attached hydrogen (secondary N) is 2. The van der Waals surface area contributed by atoms with Crippen molar-refractivity contribution in [2.24, 2.45) is 0 Å².